The van der Waals surface area contributed by atoms with E-state index >= 15 is 0 Å². The zero-order valence-corrected chi connectivity index (χ0v) is 14.9. The van der Waals surface area contributed by atoms with Crippen molar-refractivity contribution in [2.75, 3.05) is 19.7 Å². The summed E-state index contributed by atoms with van der Waals surface area (Å²) in [4.78, 5) is 14.0. The van der Waals surface area contributed by atoms with E-state index in [2.05, 4.69) is 46.4 Å². The van der Waals surface area contributed by atoms with Crippen molar-refractivity contribution in [2.45, 2.75) is 39.0 Å². The summed E-state index contributed by atoms with van der Waals surface area (Å²) >= 11 is 0. The number of nitrogens with one attached hydrogen (secondary N) is 1. The third-order valence-corrected chi connectivity index (χ3v) is 4.41. The Morgan fingerprint density at radius 3 is 2.60 bits per heavy atom. The Bertz CT molecular complexity index is 685. The molecule has 3 rings (SSSR count). The number of hydrogen-bond donors (Lipinski definition) is 1. The molecule has 1 saturated heterocycles. The van der Waals surface area contributed by atoms with Gasteiger partial charge in [-0.3, -0.25) is 4.79 Å². The molecule has 1 amide bonds. The van der Waals surface area contributed by atoms with Gasteiger partial charge in [-0.1, -0.05) is 20.8 Å². The average Bonchev–Trinajstić information content (AvgIpc) is 3.14. The predicted octanol–water partition coefficient (Wildman–Crippen LogP) is 1.82. The van der Waals surface area contributed by atoms with Gasteiger partial charge in [-0.25, -0.2) is 0 Å². The number of rotatable bonds is 4. The number of aromatic amines is 1. The number of nitrogens with zero attached hydrogens (tertiary/aromatic N) is 5. The summed E-state index contributed by atoms with van der Waals surface area (Å²) < 4.78 is 5.78. The van der Waals surface area contributed by atoms with Crippen molar-refractivity contribution >= 4 is 5.91 Å². The van der Waals surface area contributed by atoms with Gasteiger partial charge < -0.3 is 9.64 Å². The first-order chi connectivity index (χ1) is 11.9. The Hall–Kier alpha value is -2.51. The second kappa shape index (κ2) is 7.16. The van der Waals surface area contributed by atoms with Crippen molar-refractivity contribution in [3.8, 4) is 5.88 Å². The summed E-state index contributed by atoms with van der Waals surface area (Å²) in [6.07, 6.45) is 3.26. The minimum atomic E-state index is -0.0724. The molecule has 1 fully saturated rings. The lowest BCUT2D eigenvalue weighted by molar-refractivity contribution is 0.0653. The lowest BCUT2D eigenvalue weighted by Gasteiger charge is -2.31. The van der Waals surface area contributed by atoms with E-state index < -0.39 is 0 Å². The van der Waals surface area contributed by atoms with Crippen LogP contribution >= 0.6 is 0 Å². The van der Waals surface area contributed by atoms with Crippen molar-refractivity contribution < 1.29 is 9.53 Å². The van der Waals surface area contributed by atoms with Gasteiger partial charge in [-0.15, -0.1) is 5.10 Å². The molecule has 0 atom stereocenters. The van der Waals surface area contributed by atoms with Crippen LogP contribution in [0.15, 0.2) is 18.3 Å². The summed E-state index contributed by atoms with van der Waals surface area (Å²) in [6, 6.07) is 3.83. The topological polar surface area (TPSA) is 96.9 Å². The van der Waals surface area contributed by atoms with Crippen molar-refractivity contribution in [1.82, 2.24) is 30.5 Å². The summed E-state index contributed by atoms with van der Waals surface area (Å²) in [5.74, 6) is 0.885. The SMILES string of the molecule is CC(C)(C)c1ccc(OCC2CCN(C(=O)c3cn[nH]n3)CC2)nn1. The van der Waals surface area contributed by atoms with E-state index in [9.17, 15) is 4.79 Å². The van der Waals surface area contributed by atoms with E-state index in [1.807, 2.05) is 17.0 Å². The largest absolute Gasteiger partial charge is 0.476 e. The summed E-state index contributed by atoms with van der Waals surface area (Å²) in [6.45, 7) is 8.31. The second-order valence-electron chi connectivity index (χ2n) is 7.41. The maximum atomic E-state index is 12.2. The van der Waals surface area contributed by atoms with Crippen LogP contribution in [0, 0.1) is 5.92 Å². The highest BCUT2D eigenvalue weighted by atomic mass is 16.5. The average molecular weight is 344 g/mol. The molecule has 2 aromatic heterocycles. The van der Waals surface area contributed by atoms with Gasteiger partial charge in [0.1, 0.15) is 0 Å². The van der Waals surface area contributed by atoms with Gasteiger partial charge in [0.05, 0.1) is 18.5 Å². The van der Waals surface area contributed by atoms with Gasteiger partial charge in [0.2, 0.25) is 5.88 Å². The van der Waals surface area contributed by atoms with Gasteiger partial charge in [0.25, 0.3) is 5.91 Å². The van der Waals surface area contributed by atoms with Gasteiger partial charge >= 0.3 is 0 Å². The quantitative estimate of drug-likeness (QED) is 0.909. The van der Waals surface area contributed by atoms with Crippen LogP contribution in [0.2, 0.25) is 0 Å². The van der Waals surface area contributed by atoms with E-state index in [4.69, 9.17) is 4.74 Å². The lowest BCUT2D eigenvalue weighted by Crippen LogP contribution is -2.39. The fraction of sp³-hybridized carbons (Fsp3) is 0.588. The van der Waals surface area contributed by atoms with E-state index in [0.29, 0.717) is 37.2 Å². The second-order valence-corrected chi connectivity index (χ2v) is 7.41. The maximum absolute atomic E-state index is 12.2. The number of likely N-dealkylation sites (tertiary alicyclic amines) is 1. The van der Waals surface area contributed by atoms with Crippen molar-refractivity contribution in [3.05, 3.63) is 29.7 Å². The number of carbonyl (C=O) groups is 1. The molecule has 1 N–H and O–H groups in total. The zero-order chi connectivity index (χ0) is 17.9. The Kier molecular flexibility index (Phi) is 4.96. The molecule has 0 unspecified atom stereocenters. The number of piperidine rings is 1. The van der Waals surface area contributed by atoms with Gasteiger partial charge in [-0.2, -0.15) is 20.5 Å². The Morgan fingerprint density at radius 1 is 1.28 bits per heavy atom. The van der Waals surface area contributed by atoms with Crippen LogP contribution in [0.4, 0.5) is 0 Å². The van der Waals surface area contributed by atoms with Crippen molar-refractivity contribution in [1.29, 1.82) is 0 Å². The molecule has 2 aromatic rings. The van der Waals surface area contributed by atoms with Crippen LogP contribution < -0.4 is 4.74 Å². The van der Waals surface area contributed by atoms with Crippen molar-refractivity contribution in [2.24, 2.45) is 5.92 Å². The highest BCUT2D eigenvalue weighted by molar-refractivity contribution is 5.91. The fourth-order valence-corrected chi connectivity index (χ4v) is 2.77. The Balaban J connectivity index is 1.46. The van der Waals surface area contributed by atoms with E-state index in [-0.39, 0.29) is 11.3 Å². The smallest absolute Gasteiger partial charge is 0.276 e. The number of ether oxygens (including phenoxy) is 1. The minimum Gasteiger partial charge on any atom is -0.476 e. The molecule has 8 nitrogen and oxygen atoms in total. The number of carbonyl (C=O) groups excluding carboxylic acids is 1. The first-order valence-corrected chi connectivity index (χ1v) is 8.55. The van der Waals surface area contributed by atoms with E-state index in [1.165, 1.54) is 6.20 Å². The highest BCUT2D eigenvalue weighted by Crippen LogP contribution is 2.22. The molecule has 25 heavy (non-hydrogen) atoms. The van der Waals surface area contributed by atoms with Gasteiger partial charge in [0, 0.05) is 24.6 Å². The lowest BCUT2D eigenvalue weighted by atomic mass is 9.92. The molecule has 0 aromatic carbocycles. The van der Waals surface area contributed by atoms with E-state index in [0.717, 1.165) is 18.5 Å². The summed E-state index contributed by atoms with van der Waals surface area (Å²) in [5, 5.41) is 18.4. The predicted molar refractivity (Wildman–Crippen MR) is 91.2 cm³/mol. The van der Waals surface area contributed by atoms with Crippen LogP contribution in [-0.4, -0.2) is 56.1 Å². The number of H-pyrrole nitrogens is 1. The van der Waals surface area contributed by atoms with Crippen LogP contribution in [0.3, 0.4) is 0 Å². The van der Waals surface area contributed by atoms with Crippen LogP contribution in [0.1, 0.15) is 49.8 Å². The monoisotopic (exact) mass is 344 g/mol. The maximum Gasteiger partial charge on any atom is 0.276 e. The first kappa shape index (κ1) is 17.3. The zero-order valence-electron chi connectivity index (χ0n) is 14.9. The molecule has 1 aliphatic heterocycles. The number of amides is 1. The molecule has 0 aliphatic carbocycles. The molecule has 134 valence electrons. The third-order valence-electron chi connectivity index (χ3n) is 4.41. The van der Waals surface area contributed by atoms with Crippen molar-refractivity contribution in [3.63, 3.8) is 0 Å². The summed E-state index contributed by atoms with van der Waals surface area (Å²) in [7, 11) is 0. The molecule has 0 saturated carbocycles. The summed E-state index contributed by atoms with van der Waals surface area (Å²) in [5.41, 5.74) is 1.29. The highest BCUT2D eigenvalue weighted by Gasteiger charge is 2.25. The molecule has 1 aliphatic rings. The third kappa shape index (κ3) is 4.32. The minimum absolute atomic E-state index is 0.0191. The fourth-order valence-electron chi connectivity index (χ4n) is 2.77. The molecular weight excluding hydrogens is 320 g/mol. The first-order valence-electron chi connectivity index (χ1n) is 8.55. The Morgan fingerprint density at radius 2 is 2.04 bits per heavy atom. The number of aromatic nitrogens is 5. The Labute approximate surface area is 147 Å². The molecule has 3 heterocycles. The molecule has 8 heteroatoms. The van der Waals surface area contributed by atoms with Crippen LogP contribution in [0.25, 0.3) is 0 Å². The number of hydrogen-bond acceptors (Lipinski definition) is 6. The van der Waals surface area contributed by atoms with Gasteiger partial charge in [-0.05, 0) is 24.8 Å². The molecule has 0 spiro atoms. The normalized spacial score (nSPS) is 16.0. The van der Waals surface area contributed by atoms with Crippen LogP contribution in [-0.2, 0) is 5.41 Å². The molecular formula is C17H24N6O2. The van der Waals surface area contributed by atoms with Crippen LogP contribution in [0.5, 0.6) is 5.88 Å². The van der Waals surface area contributed by atoms with Gasteiger partial charge in [0.15, 0.2) is 5.69 Å². The standard InChI is InChI=1S/C17H24N6O2/c1-17(2,3)14-4-5-15(21-20-14)25-11-12-6-8-23(9-7-12)16(24)13-10-18-22-19-13/h4-5,10,12H,6-9,11H2,1-3H3,(H,18,19,22). The molecule has 0 bridgehead atoms. The molecule has 0 radical (unpaired) electrons. The van der Waals surface area contributed by atoms with E-state index in [1.54, 1.807) is 0 Å².